The Bertz CT molecular complexity index is 1460. The van der Waals surface area contributed by atoms with Crippen molar-refractivity contribution in [2.45, 2.75) is 85.0 Å². The van der Waals surface area contributed by atoms with Crippen LogP contribution in [-0.4, -0.2) is 85.1 Å². The number of benzene rings is 2. The van der Waals surface area contributed by atoms with Crippen molar-refractivity contribution < 1.29 is 93.0 Å². The standard InChI is InChI=1S/C18H24ClNO3.C11H20BF3NO2.C7H4BrClO.K/c1-18(2,3)23-17(22)15-4-6-20(7-5-15)11-13-8-14(12-21)10-16(19)9-13;1-11(2,3)18-10(17)9-4-6-16(7-5-9)8-12(13,14)15;8-6-1-5(4-10)2-7(9)3-6;/h8-10,12,15H,4-7,11H2,1-3H3;9H,4-8H2,1-3H3;1-4H;/q;-1;;+1. The Balaban J connectivity index is 0.000000415. The molecule has 0 bridgehead atoms. The van der Waals surface area contributed by atoms with Gasteiger partial charge in [-0.15, -0.1) is 0 Å². The molecule has 0 N–H and O–H groups in total. The molecule has 8 nitrogen and oxygen atoms in total. The van der Waals surface area contributed by atoms with Gasteiger partial charge in [0.15, 0.2) is 0 Å². The van der Waals surface area contributed by atoms with Crippen LogP contribution in [0, 0.1) is 11.8 Å². The molecule has 0 unspecified atom stereocenters. The van der Waals surface area contributed by atoms with Crippen molar-refractivity contribution in [2.75, 3.05) is 32.6 Å². The second-order valence-corrected chi connectivity index (χ2v) is 16.5. The van der Waals surface area contributed by atoms with Crippen molar-refractivity contribution in [1.82, 2.24) is 9.80 Å². The Labute approximate surface area is 366 Å². The zero-order valence-electron chi connectivity index (χ0n) is 31.0. The molecule has 2 aliphatic rings. The summed E-state index contributed by atoms with van der Waals surface area (Å²) in [5, 5.41) is 1.14. The minimum atomic E-state index is -4.78. The van der Waals surface area contributed by atoms with Crippen molar-refractivity contribution in [2.24, 2.45) is 11.8 Å². The third-order valence-corrected chi connectivity index (χ3v) is 8.56. The van der Waals surface area contributed by atoms with E-state index in [0.29, 0.717) is 47.1 Å². The molecule has 2 saturated heterocycles. The quantitative estimate of drug-likeness (QED) is 0.180. The van der Waals surface area contributed by atoms with E-state index in [0.717, 1.165) is 55.1 Å². The van der Waals surface area contributed by atoms with Gasteiger partial charge in [-0.3, -0.25) is 24.1 Å². The Morgan fingerprint density at radius 1 is 0.750 bits per heavy atom. The first-order valence-electron chi connectivity index (χ1n) is 16.8. The number of halogens is 6. The second-order valence-electron chi connectivity index (χ2n) is 14.7. The Morgan fingerprint density at radius 2 is 1.15 bits per heavy atom. The predicted molar refractivity (Wildman–Crippen MR) is 199 cm³/mol. The third-order valence-electron chi connectivity index (χ3n) is 7.66. The summed E-state index contributed by atoms with van der Waals surface area (Å²) in [5.74, 6) is -0.667. The van der Waals surface area contributed by atoms with E-state index < -0.39 is 24.6 Å². The molecule has 2 aromatic rings. The fraction of sp³-hybridized carbons (Fsp3) is 0.556. The maximum Gasteiger partial charge on any atom is 1.00 e. The van der Waals surface area contributed by atoms with E-state index in [-0.39, 0.29) is 75.2 Å². The summed E-state index contributed by atoms with van der Waals surface area (Å²) < 4.78 is 48.3. The van der Waals surface area contributed by atoms with Crippen LogP contribution < -0.4 is 51.4 Å². The number of likely N-dealkylation sites (tertiary alicyclic amines) is 2. The normalized spacial score (nSPS) is 16.2. The summed E-state index contributed by atoms with van der Waals surface area (Å²) in [4.78, 5) is 48.6. The van der Waals surface area contributed by atoms with Gasteiger partial charge in [-0.1, -0.05) is 39.1 Å². The second kappa shape index (κ2) is 22.7. The first-order chi connectivity index (χ1) is 23.6. The van der Waals surface area contributed by atoms with E-state index in [1.807, 2.05) is 32.9 Å². The molecule has 2 heterocycles. The maximum absolute atomic E-state index is 12.2. The first-order valence-corrected chi connectivity index (χ1v) is 18.4. The van der Waals surface area contributed by atoms with Gasteiger partial charge < -0.3 is 27.3 Å². The molecule has 2 aliphatic heterocycles. The van der Waals surface area contributed by atoms with E-state index in [9.17, 15) is 32.1 Å². The predicted octanol–water partition coefficient (Wildman–Crippen LogP) is 6.05. The smallest absolute Gasteiger partial charge is 0.460 e. The largest absolute Gasteiger partial charge is 1.00 e. The minimum Gasteiger partial charge on any atom is -0.460 e. The fourth-order valence-corrected chi connectivity index (χ4v) is 6.63. The van der Waals surface area contributed by atoms with Gasteiger partial charge in [-0.25, -0.2) is 0 Å². The van der Waals surface area contributed by atoms with Crippen LogP contribution in [0.4, 0.5) is 12.9 Å². The Hall–Kier alpha value is -0.809. The monoisotopic (exact) mass is 860 g/mol. The number of esters is 2. The van der Waals surface area contributed by atoms with E-state index >= 15 is 0 Å². The molecule has 0 spiro atoms. The SMILES string of the molecule is CC(C)(C)OC(=O)C1CCN(C[B-](F)(F)F)CC1.CC(C)(C)OC(=O)C1CCN(Cc2cc(Cl)cc(C=O)c2)CC1.O=Cc1cc(Cl)cc(Br)c1.[K+]. The Morgan fingerprint density at radius 3 is 1.54 bits per heavy atom. The van der Waals surface area contributed by atoms with Gasteiger partial charge in [0.2, 0.25) is 0 Å². The molecule has 2 fully saturated rings. The van der Waals surface area contributed by atoms with Crippen LogP contribution in [0.3, 0.4) is 0 Å². The summed E-state index contributed by atoms with van der Waals surface area (Å²) in [6.45, 7) is 9.29. The molecular formula is C36H48BBrCl2F3KN2O6. The number of carbonyl (C=O) groups is 4. The first kappa shape index (κ1) is 49.2. The third kappa shape index (κ3) is 20.8. The van der Waals surface area contributed by atoms with Crippen molar-refractivity contribution >= 4 is 70.6 Å². The van der Waals surface area contributed by atoms with Gasteiger partial charge in [0.25, 0.3) is 0 Å². The molecule has 4 rings (SSSR count). The summed E-state index contributed by atoms with van der Waals surface area (Å²) >= 11 is 14.9. The fourth-order valence-electron chi connectivity index (χ4n) is 5.48. The molecule has 0 atom stereocenters. The van der Waals surface area contributed by atoms with E-state index in [1.54, 1.807) is 45.0 Å². The zero-order chi connectivity index (χ0) is 38.6. The zero-order valence-corrected chi connectivity index (χ0v) is 37.3. The number of ether oxygens (including phenoxy) is 2. The van der Waals surface area contributed by atoms with Crippen molar-refractivity contribution in [1.29, 1.82) is 0 Å². The van der Waals surface area contributed by atoms with Crippen LogP contribution in [-0.2, 0) is 25.6 Å². The number of hydrogen-bond acceptors (Lipinski definition) is 8. The van der Waals surface area contributed by atoms with Gasteiger partial charge in [0.1, 0.15) is 23.8 Å². The van der Waals surface area contributed by atoms with E-state index in [2.05, 4.69) is 20.8 Å². The van der Waals surface area contributed by atoms with Crippen LogP contribution in [0.2, 0.25) is 10.0 Å². The number of aldehydes is 2. The van der Waals surface area contributed by atoms with Gasteiger partial charge in [-0.2, -0.15) is 0 Å². The van der Waals surface area contributed by atoms with Crippen molar-refractivity contribution in [3.63, 3.8) is 0 Å². The molecular weight excluding hydrogens is 814 g/mol. The Kier molecular flexibility index (Phi) is 21.5. The van der Waals surface area contributed by atoms with Crippen LogP contribution in [0.1, 0.15) is 93.5 Å². The molecule has 0 saturated carbocycles. The molecule has 2 aromatic carbocycles. The molecule has 16 heteroatoms. The van der Waals surface area contributed by atoms with Gasteiger partial charge in [0.05, 0.1) is 11.8 Å². The topological polar surface area (TPSA) is 93.2 Å². The van der Waals surface area contributed by atoms with Crippen molar-refractivity contribution in [3.8, 4) is 0 Å². The van der Waals surface area contributed by atoms with Crippen LogP contribution in [0.15, 0.2) is 40.9 Å². The minimum absolute atomic E-state index is 0. The number of nitrogens with zero attached hydrogens (tertiary/aromatic N) is 2. The molecule has 284 valence electrons. The number of rotatable bonds is 8. The molecule has 0 aromatic heterocycles. The van der Waals surface area contributed by atoms with Gasteiger partial charge in [0, 0.05) is 32.2 Å². The van der Waals surface area contributed by atoms with Crippen LogP contribution in [0.5, 0.6) is 0 Å². The maximum atomic E-state index is 12.2. The summed E-state index contributed by atoms with van der Waals surface area (Å²) in [5.41, 5.74) is 1.23. The molecule has 0 aliphatic carbocycles. The van der Waals surface area contributed by atoms with Crippen LogP contribution >= 0.6 is 39.1 Å². The van der Waals surface area contributed by atoms with Gasteiger partial charge in [-0.05, 0) is 142 Å². The summed E-state index contributed by atoms with van der Waals surface area (Å²) in [6.07, 6.45) is 3.23. The average Bonchev–Trinajstić information content (AvgIpc) is 2.99. The average molecular weight is 863 g/mol. The number of piperidine rings is 2. The summed E-state index contributed by atoms with van der Waals surface area (Å²) in [6, 6.07) is 10.5. The van der Waals surface area contributed by atoms with E-state index in [1.165, 1.54) is 4.90 Å². The number of carbonyl (C=O) groups excluding carboxylic acids is 4. The number of hydrogen-bond donors (Lipinski definition) is 0. The molecule has 0 amide bonds. The molecule has 0 radical (unpaired) electrons. The van der Waals surface area contributed by atoms with Crippen LogP contribution in [0.25, 0.3) is 0 Å². The van der Waals surface area contributed by atoms with Gasteiger partial charge >= 0.3 is 70.3 Å². The molecule has 52 heavy (non-hydrogen) atoms. The van der Waals surface area contributed by atoms with E-state index in [4.69, 9.17) is 32.7 Å². The summed E-state index contributed by atoms with van der Waals surface area (Å²) in [7, 11) is 0. The van der Waals surface area contributed by atoms with Crippen molar-refractivity contribution in [3.05, 3.63) is 67.6 Å².